The second-order valence-electron chi connectivity index (χ2n) is 4.95. The standard InChI is InChI=1S/C13H18BrNO2/c1-9-7-6-8-10(11(9)14)15(5)12(16)17-13(2,3)4/h6-8H,1-5H3. The summed E-state index contributed by atoms with van der Waals surface area (Å²) in [5.41, 5.74) is 1.40. The molecule has 4 heteroatoms. The van der Waals surface area contributed by atoms with Crippen molar-refractivity contribution < 1.29 is 9.53 Å². The van der Waals surface area contributed by atoms with Crippen LogP contribution < -0.4 is 4.90 Å². The Kier molecular flexibility index (Phi) is 4.20. The fourth-order valence-electron chi connectivity index (χ4n) is 1.32. The summed E-state index contributed by atoms with van der Waals surface area (Å²) in [6.45, 7) is 7.54. The number of carbonyl (C=O) groups is 1. The van der Waals surface area contributed by atoms with Crippen molar-refractivity contribution in [3.05, 3.63) is 28.2 Å². The van der Waals surface area contributed by atoms with Crippen molar-refractivity contribution in [3.63, 3.8) is 0 Å². The Morgan fingerprint density at radius 2 is 1.94 bits per heavy atom. The van der Waals surface area contributed by atoms with Gasteiger partial charge in [0.2, 0.25) is 0 Å². The van der Waals surface area contributed by atoms with Crippen LogP contribution in [0.1, 0.15) is 26.3 Å². The molecule has 0 unspecified atom stereocenters. The van der Waals surface area contributed by atoms with Crippen LogP contribution in [0.25, 0.3) is 0 Å². The third-order valence-corrected chi connectivity index (χ3v) is 3.23. The van der Waals surface area contributed by atoms with Crippen molar-refractivity contribution in [3.8, 4) is 0 Å². The van der Waals surface area contributed by atoms with E-state index in [4.69, 9.17) is 4.74 Å². The number of amides is 1. The van der Waals surface area contributed by atoms with Gasteiger partial charge in [-0.3, -0.25) is 4.90 Å². The molecule has 0 aliphatic rings. The van der Waals surface area contributed by atoms with Gasteiger partial charge in [-0.15, -0.1) is 0 Å². The molecule has 3 nitrogen and oxygen atoms in total. The molecule has 0 N–H and O–H groups in total. The molecule has 1 amide bonds. The molecule has 0 radical (unpaired) electrons. The van der Waals surface area contributed by atoms with Crippen LogP contribution in [0, 0.1) is 6.92 Å². The summed E-state index contributed by atoms with van der Waals surface area (Å²) in [5.74, 6) is 0. The van der Waals surface area contributed by atoms with Gasteiger partial charge in [0.25, 0.3) is 0 Å². The Morgan fingerprint density at radius 3 is 2.47 bits per heavy atom. The smallest absolute Gasteiger partial charge is 0.414 e. The zero-order valence-corrected chi connectivity index (χ0v) is 12.5. The average molecular weight is 300 g/mol. The number of ether oxygens (including phenoxy) is 1. The van der Waals surface area contributed by atoms with E-state index in [2.05, 4.69) is 15.9 Å². The first kappa shape index (κ1) is 14.0. The minimum atomic E-state index is -0.484. The molecule has 0 aliphatic heterocycles. The molecule has 0 bridgehead atoms. The molecule has 0 saturated heterocycles. The topological polar surface area (TPSA) is 29.5 Å². The van der Waals surface area contributed by atoms with E-state index >= 15 is 0 Å². The molecule has 1 aromatic rings. The summed E-state index contributed by atoms with van der Waals surface area (Å²) in [4.78, 5) is 13.4. The Bertz CT molecular complexity index is 424. The van der Waals surface area contributed by atoms with Crippen molar-refractivity contribution in [1.82, 2.24) is 0 Å². The number of anilines is 1. The van der Waals surface area contributed by atoms with Gasteiger partial charge in [0.05, 0.1) is 5.69 Å². The molecule has 1 aromatic carbocycles. The maximum Gasteiger partial charge on any atom is 0.414 e. The molecule has 0 spiro atoms. The first-order valence-corrected chi connectivity index (χ1v) is 6.23. The van der Waals surface area contributed by atoms with Crippen LogP contribution in [0.5, 0.6) is 0 Å². The first-order chi connectivity index (χ1) is 7.72. The van der Waals surface area contributed by atoms with Gasteiger partial charge >= 0.3 is 6.09 Å². The largest absolute Gasteiger partial charge is 0.443 e. The van der Waals surface area contributed by atoms with Crippen LogP contribution in [-0.2, 0) is 4.74 Å². The van der Waals surface area contributed by atoms with Gasteiger partial charge in [0.1, 0.15) is 5.60 Å². The van der Waals surface area contributed by atoms with Crippen molar-refractivity contribution in [2.75, 3.05) is 11.9 Å². The minimum Gasteiger partial charge on any atom is -0.443 e. The van der Waals surface area contributed by atoms with E-state index in [1.165, 1.54) is 4.90 Å². The molecule has 0 atom stereocenters. The van der Waals surface area contributed by atoms with Gasteiger partial charge in [0.15, 0.2) is 0 Å². The van der Waals surface area contributed by atoms with Crippen molar-refractivity contribution in [1.29, 1.82) is 0 Å². The highest BCUT2D eigenvalue weighted by Gasteiger charge is 2.21. The van der Waals surface area contributed by atoms with Gasteiger partial charge in [-0.1, -0.05) is 12.1 Å². The number of carbonyl (C=O) groups excluding carboxylic acids is 1. The van der Waals surface area contributed by atoms with E-state index in [1.807, 2.05) is 45.9 Å². The molecule has 0 heterocycles. The number of hydrogen-bond donors (Lipinski definition) is 0. The number of halogens is 1. The van der Waals surface area contributed by atoms with Crippen LogP contribution in [0.4, 0.5) is 10.5 Å². The van der Waals surface area contributed by atoms with Gasteiger partial charge in [0, 0.05) is 11.5 Å². The summed E-state index contributed by atoms with van der Waals surface area (Å²) in [6.07, 6.45) is -0.358. The minimum absolute atomic E-state index is 0.358. The van der Waals surface area contributed by atoms with Crippen LogP contribution >= 0.6 is 15.9 Å². The molecular weight excluding hydrogens is 282 g/mol. The highest BCUT2D eigenvalue weighted by atomic mass is 79.9. The lowest BCUT2D eigenvalue weighted by molar-refractivity contribution is 0.0589. The molecule has 0 fully saturated rings. The van der Waals surface area contributed by atoms with E-state index in [0.29, 0.717) is 0 Å². The van der Waals surface area contributed by atoms with E-state index < -0.39 is 5.60 Å². The second-order valence-corrected chi connectivity index (χ2v) is 5.74. The van der Waals surface area contributed by atoms with Crippen molar-refractivity contribution >= 4 is 27.7 Å². The summed E-state index contributed by atoms with van der Waals surface area (Å²) in [6, 6.07) is 5.77. The van der Waals surface area contributed by atoms with Crippen molar-refractivity contribution in [2.45, 2.75) is 33.3 Å². The Balaban J connectivity index is 2.93. The van der Waals surface area contributed by atoms with E-state index in [9.17, 15) is 4.79 Å². The van der Waals surface area contributed by atoms with E-state index in [0.717, 1.165) is 15.7 Å². The van der Waals surface area contributed by atoms with Gasteiger partial charge < -0.3 is 4.74 Å². The SMILES string of the molecule is Cc1cccc(N(C)C(=O)OC(C)(C)C)c1Br. The fourth-order valence-corrected chi connectivity index (χ4v) is 1.85. The molecule has 17 heavy (non-hydrogen) atoms. The number of aryl methyl sites for hydroxylation is 1. The zero-order valence-electron chi connectivity index (χ0n) is 10.9. The fraction of sp³-hybridized carbons (Fsp3) is 0.462. The summed E-state index contributed by atoms with van der Waals surface area (Å²) < 4.78 is 6.23. The van der Waals surface area contributed by atoms with Crippen molar-refractivity contribution in [2.24, 2.45) is 0 Å². The average Bonchev–Trinajstić information content (AvgIpc) is 2.18. The highest BCUT2D eigenvalue weighted by Crippen LogP contribution is 2.29. The number of benzene rings is 1. The maximum absolute atomic E-state index is 11.9. The zero-order chi connectivity index (χ0) is 13.2. The summed E-state index contributed by atoms with van der Waals surface area (Å²) in [7, 11) is 1.70. The quantitative estimate of drug-likeness (QED) is 0.780. The predicted molar refractivity (Wildman–Crippen MR) is 73.5 cm³/mol. The highest BCUT2D eigenvalue weighted by molar-refractivity contribution is 9.10. The Morgan fingerprint density at radius 1 is 1.35 bits per heavy atom. The summed E-state index contributed by atoms with van der Waals surface area (Å²) in [5, 5.41) is 0. The van der Waals surface area contributed by atoms with Gasteiger partial charge in [-0.2, -0.15) is 0 Å². The lowest BCUT2D eigenvalue weighted by atomic mass is 10.2. The molecule has 94 valence electrons. The predicted octanol–water partition coefficient (Wildman–Crippen LogP) is 4.13. The third kappa shape index (κ3) is 3.73. The molecular formula is C13H18BrNO2. The Labute approximate surface area is 111 Å². The molecule has 0 aromatic heterocycles. The normalized spacial score (nSPS) is 11.2. The number of rotatable bonds is 1. The monoisotopic (exact) mass is 299 g/mol. The molecule has 1 rings (SSSR count). The lowest BCUT2D eigenvalue weighted by Crippen LogP contribution is -2.34. The summed E-state index contributed by atoms with van der Waals surface area (Å²) >= 11 is 3.48. The third-order valence-electron chi connectivity index (χ3n) is 2.20. The van der Waals surface area contributed by atoms with Crippen LogP contribution in [0.3, 0.4) is 0 Å². The van der Waals surface area contributed by atoms with Crippen LogP contribution in [0.2, 0.25) is 0 Å². The molecule has 0 aliphatic carbocycles. The Hall–Kier alpha value is -1.03. The lowest BCUT2D eigenvalue weighted by Gasteiger charge is -2.25. The maximum atomic E-state index is 11.9. The first-order valence-electron chi connectivity index (χ1n) is 5.44. The molecule has 0 saturated carbocycles. The number of nitrogens with zero attached hydrogens (tertiary/aromatic N) is 1. The number of hydrogen-bond acceptors (Lipinski definition) is 2. The van der Waals surface area contributed by atoms with Crippen LogP contribution in [0.15, 0.2) is 22.7 Å². The van der Waals surface area contributed by atoms with Gasteiger partial charge in [-0.25, -0.2) is 4.79 Å². The van der Waals surface area contributed by atoms with E-state index in [-0.39, 0.29) is 6.09 Å². The van der Waals surface area contributed by atoms with E-state index in [1.54, 1.807) is 7.05 Å². The van der Waals surface area contributed by atoms with Gasteiger partial charge in [-0.05, 0) is 55.3 Å². The second kappa shape index (κ2) is 5.08. The van der Waals surface area contributed by atoms with Crippen LogP contribution in [-0.4, -0.2) is 18.7 Å².